The van der Waals surface area contributed by atoms with Crippen molar-refractivity contribution in [2.24, 2.45) is 0 Å². The van der Waals surface area contributed by atoms with Gasteiger partial charge in [0.25, 0.3) is 5.69 Å². The molecule has 10 nitrogen and oxygen atoms in total. The molecule has 3 rings (SSSR count). The minimum atomic E-state index is -0.805. The number of ketones is 1. The summed E-state index contributed by atoms with van der Waals surface area (Å²) < 4.78 is 10.5. The van der Waals surface area contributed by atoms with Crippen LogP contribution in [-0.4, -0.2) is 28.2 Å². The molecule has 0 radical (unpaired) electrons. The van der Waals surface area contributed by atoms with Crippen molar-refractivity contribution in [2.45, 2.75) is 6.92 Å². The number of carbonyl (C=O) groups is 2. The van der Waals surface area contributed by atoms with Crippen LogP contribution >= 0.6 is 11.6 Å². The third kappa shape index (κ3) is 5.49. The largest absolute Gasteiger partial charge is 0.454 e. The first-order chi connectivity index (χ1) is 15.7. The molecule has 0 aliphatic carbocycles. The van der Waals surface area contributed by atoms with Crippen LogP contribution in [0.5, 0.6) is 11.5 Å². The van der Waals surface area contributed by atoms with Crippen molar-refractivity contribution in [3.05, 3.63) is 103 Å². The number of aryl methyl sites for hydroxylation is 1. The standard InChI is InChI=1S/C22H15ClN2O8/c1-13-5-6-15(11-19(13)25(30)31)20(26)12-32-22(27)14-7-9-16(10-8-14)33-21-17(23)3-2-4-18(21)24(28)29/h2-11H,12H2,1H3. The number of Topliss-reactive ketones (excluding diaryl/α,β-unsaturated/α-hetero) is 1. The van der Waals surface area contributed by atoms with Crippen LogP contribution < -0.4 is 4.74 Å². The molecule has 33 heavy (non-hydrogen) atoms. The van der Waals surface area contributed by atoms with Crippen molar-refractivity contribution in [3.8, 4) is 11.5 Å². The lowest BCUT2D eigenvalue weighted by molar-refractivity contribution is -0.385. The molecule has 11 heteroatoms. The van der Waals surface area contributed by atoms with Crippen molar-refractivity contribution in [2.75, 3.05) is 6.61 Å². The van der Waals surface area contributed by atoms with Crippen LogP contribution in [0.4, 0.5) is 11.4 Å². The van der Waals surface area contributed by atoms with E-state index in [4.69, 9.17) is 21.1 Å². The normalized spacial score (nSPS) is 10.4. The first-order valence-corrected chi connectivity index (χ1v) is 9.71. The van der Waals surface area contributed by atoms with Crippen LogP contribution in [0.2, 0.25) is 5.02 Å². The van der Waals surface area contributed by atoms with E-state index in [9.17, 15) is 29.8 Å². The number of benzene rings is 3. The van der Waals surface area contributed by atoms with E-state index in [0.29, 0.717) is 5.56 Å². The maximum Gasteiger partial charge on any atom is 0.338 e. The number of carbonyl (C=O) groups excluding carboxylic acids is 2. The number of rotatable bonds is 8. The predicted octanol–water partition coefficient (Wildman–Crippen LogP) is 5.30. The van der Waals surface area contributed by atoms with E-state index < -0.39 is 28.2 Å². The highest BCUT2D eigenvalue weighted by atomic mass is 35.5. The van der Waals surface area contributed by atoms with Crippen molar-refractivity contribution < 1.29 is 28.9 Å². The molecule has 0 unspecified atom stereocenters. The maximum atomic E-state index is 12.3. The minimum Gasteiger partial charge on any atom is -0.454 e. The zero-order valence-electron chi connectivity index (χ0n) is 17.0. The monoisotopic (exact) mass is 470 g/mol. The summed E-state index contributed by atoms with van der Waals surface area (Å²) >= 11 is 5.99. The summed E-state index contributed by atoms with van der Waals surface area (Å²) in [6, 6.07) is 13.6. The molecule has 3 aromatic carbocycles. The molecular weight excluding hydrogens is 456 g/mol. The molecule has 0 heterocycles. The fourth-order valence-corrected chi connectivity index (χ4v) is 3.00. The molecule has 3 aromatic rings. The number of ether oxygens (including phenoxy) is 2. The van der Waals surface area contributed by atoms with E-state index in [1.165, 1.54) is 54.6 Å². The average molecular weight is 471 g/mol. The molecule has 0 N–H and O–H groups in total. The van der Waals surface area contributed by atoms with Crippen LogP contribution in [0.15, 0.2) is 60.7 Å². The van der Waals surface area contributed by atoms with Gasteiger partial charge in [0.05, 0.1) is 20.4 Å². The van der Waals surface area contributed by atoms with Crippen LogP contribution in [0.3, 0.4) is 0 Å². The molecule has 0 fully saturated rings. The lowest BCUT2D eigenvalue weighted by Gasteiger charge is -2.09. The quantitative estimate of drug-likeness (QED) is 0.187. The van der Waals surface area contributed by atoms with Gasteiger partial charge >= 0.3 is 11.7 Å². The van der Waals surface area contributed by atoms with Crippen LogP contribution in [0.25, 0.3) is 0 Å². The first kappa shape index (κ1) is 23.4. The summed E-state index contributed by atoms with van der Waals surface area (Å²) in [6.45, 7) is 0.937. The van der Waals surface area contributed by atoms with E-state index in [1.807, 2.05) is 0 Å². The Labute approximate surface area is 191 Å². The molecule has 0 aromatic heterocycles. The highest BCUT2D eigenvalue weighted by Crippen LogP contribution is 2.37. The van der Waals surface area contributed by atoms with Crippen molar-refractivity contribution in [1.29, 1.82) is 0 Å². The van der Waals surface area contributed by atoms with Gasteiger partial charge in [-0.15, -0.1) is 0 Å². The van der Waals surface area contributed by atoms with Gasteiger partial charge in [0.15, 0.2) is 6.61 Å². The lowest BCUT2D eigenvalue weighted by Crippen LogP contribution is -2.14. The summed E-state index contributed by atoms with van der Waals surface area (Å²) in [6.07, 6.45) is 0. The van der Waals surface area contributed by atoms with Gasteiger partial charge in [-0.3, -0.25) is 25.0 Å². The first-order valence-electron chi connectivity index (χ1n) is 9.33. The second-order valence-corrected chi connectivity index (χ2v) is 7.14. The number of para-hydroxylation sites is 1. The molecule has 0 bridgehead atoms. The number of hydrogen-bond donors (Lipinski definition) is 0. The van der Waals surface area contributed by atoms with E-state index >= 15 is 0 Å². The molecule has 0 saturated carbocycles. The number of nitrogens with zero attached hydrogens (tertiary/aromatic N) is 2. The summed E-state index contributed by atoms with van der Waals surface area (Å²) in [7, 11) is 0. The van der Waals surface area contributed by atoms with Crippen LogP contribution in [-0.2, 0) is 4.74 Å². The molecule has 0 saturated heterocycles. The zero-order valence-corrected chi connectivity index (χ0v) is 17.8. The predicted molar refractivity (Wildman–Crippen MR) is 117 cm³/mol. The van der Waals surface area contributed by atoms with E-state index in [-0.39, 0.29) is 39.0 Å². The smallest absolute Gasteiger partial charge is 0.338 e. The minimum absolute atomic E-state index is 0.0440. The van der Waals surface area contributed by atoms with Gasteiger partial charge in [0.1, 0.15) is 5.75 Å². The molecule has 0 atom stereocenters. The second kappa shape index (κ2) is 9.88. The Morgan fingerprint density at radius 2 is 1.55 bits per heavy atom. The van der Waals surface area contributed by atoms with Gasteiger partial charge in [0, 0.05) is 23.3 Å². The Kier molecular flexibility index (Phi) is 6.99. The third-order valence-corrected chi connectivity index (χ3v) is 4.81. The third-order valence-electron chi connectivity index (χ3n) is 4.51. The SMILES string of the molecule is Cc1ccc(C(=O)COC(=O)c2ccc(Oc3c(Cl)cccc3[N+](=O)[O-])cc2)cc1[N+](=O)[O-]. The number of esters is 1. The highest BCUT2D eigenvalue weighted by Gasteiger charge is 2.20. The Bertz CT molecular complexity index is 1260. The Morgan fingerprint density at radius 3 is 2.18 bits per heavy atom. The molecule has 168 valence electrons. The summed E-state index contributed by atoms with van der Waals surface area (Å²) in [4.78, 5) is 45.4. The van der Waals surface area contributed by atoms with E-state index in [0.717, 1.165) is 6.07 Å². The van der Waals surface area contributed by atoms with E-state index in [1.54, 1.807) is 6.92 Å². The number of hydrogen-bond acceptors (Lipinski definition) is 8. The van der Waals surface area contributed by atoms with Crippen LogP contribution in [0, 0.1) is 27.2 Å². The van der Waals surface area contributed by atoms with Crippen LogP contribution in [0.1, 0.15) is 26.3 Å². The Morgan fingerprint density at radius 1 is 0.909 bits per heavy atom. The molecular formula is C22H15ClN2O8. The van der Waals surface area contributed by atoms with Crippen molar-refractivity contribution >= 4 is 34.7 Å². The summed E-state index contributed by atoms with van der Waals surface area (Å²) in [5, 5.41) is 22.2. The van der Waals surface area contributed by atoms with Gasteiger partial charge < -0.3 is 9.47 Å². The highest BCUT2D eigenvalue weighted by molar-refractivity contribution is 6.32. The van der Waals surface area contributed by atoms with E-state index in [2.05, 4.69) is 0 Å². The number of nitro groups is 2. The number of halogens is 1. The molecule has 0 aliphatic rings. The number of nitro benzene ring substituents is 2. The topological polar surface area (TPSA) is 139 Å². The van der Waals surface area contributed by atoms with Gasteiger partial charge in [-0.05, 0) is 37.3 Å². The van der Waals surface area contributed by atoms with Gasteiger partial charge in [0.2, 0.25) is 11.5 Å². The van der Waals surface area contributed by atoms with Gasteiger partial charge in [-0.25, -0.2) is 4.79 Å². The Hall–Kier alpha value is -4.31. The zero-order chi connectivity index (χ0) is 24.1. The summed E-state index contributed by atoms with van der Waals surface area (Å²) in [5.74, 6) is -1.36. The molecule has 0 aliphatic heterocycles. The lowest BCUT2D eigenvalue weighted by atomic mass is 10.1. The maximum absolute atomic E-state index is 12.3. The van der Waals surface area contributed by atoms with Crippen molar-refractivity contribution in [3.63, 3.8) is 0 Å². The average Bonchev–Trinajstić information content (AvgIpc) is 2.79. The van der Waals surface area contributed by atoms with Gasteiger partial charge in [-0.2, -0.15) is 0 Å². The van der Waals surface area contributed by atoms with Crippen molar-refractivity contribution in [1.82, 2.24) is 0 Å². The Balaban J connectivity index is 1.66. The second-order valence-electron chi connectivity index (χ2n) is 6.73. The molecule has 0 spiro atoms. The molecule has 0 amide bonds. The van der Waals surface area contributed by atoms with Gasteiger partial charge in [-0.1, -0.05) is 29.8 Å². The fraction of sp³-hybridized carbons (Fsp3) is 0.0909. The summed E-state index contributed by atoms with van der Waals surface area (Å²) in [5.41, 5.74) is 0.0178. The fourth-order valence-electron chi connectivity index (χ4n) is 2.80.